The molecule has 0 N–H and O–H groups in total. The van der Waals surface area contributed by atoms with Crippen LogP contribution in [-0.4, -0.2) is 0 Å². The molecule has 0 unspecified atom stereocenters. The summed E-state index contributed by atoms with van der Waals surface area (Å²) in [6.45, 7) is 13.9. The highest BCUT2D eigenvalue weighted by atomic mass is 14.3. The van der Waals surface area contributed by atoms with Crippen LogP contribution in [0.25, 0.3) is 87.6 Å². The van der Waals surface area contributed by atoms with Crippen LogP contribution >= 0.6 is 0 Å². The largest absolute Gasteiger partial charge is 0.0616 e. The van der Waals surface area contributed by atoms with E-state index in [0.29, 0.717) is 0 Å². The zero-order chi connectivity index (χ0) is 37.2. The van der Waals surface area contributed by atoms with Gasteiger partial charge in [-0.2, -0.15) is 0 Å². The van der Waals surface area contributed by atoms with Gasteiger partial charge in [0.2, 0.25) is 0 Å². The standard InChI is InChI=1S/C54H46/c1-53(2,3)45-26-28-48-49(33-45)51(47-27-25-46(54(4,5)6)34-50(47)52(48)44-24-22-36-14-8-10-16-38(36)31-44)43-20-12-19-41(32-43)39-17-11-18-40(30-39)42-23-21-35-13-7-9-15-37(35)29-42/h7-34H,1-6H3. The van der Waals surface area contributed by atoms with E-state index in [-0.39, 0.29) is 10.8 Å². The molecular formula is C54H46. The summed E-state index contributed by atoms with van der Waals surface area (Å²) in [7, 11) is 0. The molecule has 0 bridgehead atoms. The summed E-state index contributed by atoms with van der Waals surface area (Å²) in [5, 5.41) is 10.2. The second-order valence-corrected chi connectivity index (χ2v) is 17.1. The molecule has 9 rings (SSSR count). The molecule has 0 aromatic heterocycles. The lowest BCUT2D eigenvalue weighted by atomic mass is 9.79. The van der Waals surface area contributed by atoms with Crippen LogP contribution in [0.1, 0.15) is 52.7 Å². The van der Waals surface area contributed by atoms with Crippen LogP contribution in [0.15, 0.2) is 170 Å². The highest BCUT2D eigenvalue weighted by Crippen LogP contribution is 2.47. The summed E-state index contributed by atoms with van der Waals surface area (Å²) in [6.07, 6.45) is 0. The summed E-state index contributed by atoms with van der Waals surface area (Å²) in [5.74, 6) is 0. The Morgan fingerprint density at radius 2 is 0.630 bits per heavy atom. The van der Waals surface area contributed by atoms with Gasteiger partial charge in [-0.1, -0.05) is 175 Å². The number of hydrogen-bond donors (Lipinski definition) is 0. The molecule has 0 heteroatoms. The Morgan fingerprint density at radius 1 is 0.259 bits per heavy atom. The fraction of sp³-hybridized carbons (Fsp3) is 0.148. The van der Waals surface area contributed by atoms with E-state index in [4.69, 9.17) is 0 Å². The van der Waals surface area contributed by atoms with Gasteiger partial charge in [0.15, 0.2) is 0 Å². The molecule has 0 fully saturated rings. The maximum absolute atomic E-state index is 2.47. The minimum absolute atomic E-state index is 0.00464. The van der Waals surface area contributed by atoms with E-state index in [1.54, 1.807) is 0 Å². The van der Waals surface area contributed by atoms with Gasteiger partial charge in [-0.05, 0) is 146 Å². The summed E-state index contributed by atoms with van der Waals surface area (Å²) in [5.41, 5.74) is 12.7. The molecule has 0 heterocycles. The van der Waals surface area contributed by atoms with E-state index >= 15 is 0 Å². The zero-order valence-corrected chi connectivity index (χ0v) is 32.2. The Labute approximate surface area is 319 Å². The average Bonchev–Trinajstić information content (AvgIpc) is 3.18. The third-order valence-electron chi connectivity index (χ3n) is 11.3. The summed E-state index contributed by atoms with van der Waals surface area (Å²) in [6, 6.07) is 63.7. The third kappa shape index (κ3) is 6.06. The summed E-state index contributed by atoms with van der Waals surface area (Å²) < 4.78 is 0. The van der Waals surface area contributed by atoms with Gasteiger partial charge < -0.3 is 0 Å². The average molecular weight is 695 g/mol. The summed E-state index contributed by atoms with van der Waals surface area (Å²) in [4.78, 5) is 0. The van der Waals surface area contributed by atoms with Crippen LogP contribution < -0.4 is 0 Å². The molecule has 0 aliphatic carbocycles. The van der Waals surface area contributed by atoms with Gasteiger partial charge in [0, 0.05) is 0 Å². The predicted molar refractivity (Wildman–Crippen MR) is 236 cm³/mol. The maximum Gasteiger partial charge on any atom is -0.00260 e. The van der Waals surface area contributed by atoms with Crippen molar-refractivity contribution < 1.29 is 0 Å². The van der Waals surface area contributed by atoms with Crippen molar-refractivity contribution in [1.82, 2.24) is 0 Å². The summed E-state index contributed by atoms with van der Waals surface area (Å²) >= 11 is 0. The van der Waals surface area contributed by atoms with E-state index in [1.807, 2.05) is 0 Å². The first-order chi connectivity index (χ1) is 26.0. The molecule has 0 aliphatic rings. The van der Waals surface area contributed by atoms with Crippen molar-refractivity contribution in [3.05, 3.63) is 181 Å². The number of benzene rings is 9. The molecule has 0 nitrogen and oxygen atoms in total. The molecule has 0 radical (unpaired) electrons. The van der Waals surface area contributed by atoms with Crippen molar-refractivity contribution in [1.29, 1.82) is 0 Å². The Bertz CT molecular complexity index is 2890. The topological polar surface area (TPSA) is 0 Å². The fourth-order valence-electron chi connectivity index (χ4n) is 8.23. The van der Waals surface area contributed by atoms with Gasteiger partial charge in [0.25, 0.3) is 0 Å². The van der Waals surface area contributed by atoms with E-state index in [0.717, 1.165) is 0 Å². The van der Waals surface area contributed by atoms with Crippen molar-refractivity contribution in [2.75, 3.05) is 0 Å². The maximum atomic E-state index is 2.47. The number of fused-ring (bicyclic) bond motifs is 4. The molecule has 0 saturated carbocycles. The van der Waals surface area contributed by atoms with Gasteiger partial charge in [0.05, 0.1) is 0 Å². The Kier molecular flexibility index (Phi) is 8.05. The first kappa shape index (κ1) is 33.8. The Balaban J connectivity index is 1.30. The van der Waals surface area contributed by atoms with E-state index in [9.17, 15) is 0 Å². The number of hydrogen-bond acceptors (Lipinski definition) is 0. The van der Waals surface area contributed by atoms with E-state index in [1.165, 1.54) is 98.7 Å². The lowest BCUT2D eigenvalue weighted by Crippen LogP contribution is -2.11. The van der Waals surface area contributed by atoms with Crippen molar-refractivity contribution in [3.8, 4) is 44.5 Å². The SMILES string of the molecule is CC(C)(C)c1ccc2c(-c3ccc4ccccc4c3)c3cc(C(C)(C)C)ccc3c(-c3cccc(-c4cccc(-c5ccc6ccccc6c5)c4)c3)c2c1. The van der Waals surface area contributed by atoms with Crippen LogP contribution in [0.4, 0.5) is 0 Å². The van der Waals surface area contributed by atoms with Crippen LogP contribution in [-0.2, 0) is 10.8 Å². The molecule has 0 spiro atoms. The van der Waals surface area contributed by atoms with Gasteiger partial charge in [0.1, 0.15) is 0 Å². The minimum Gasteiger partial charge on any atom is -0.0616 e. The Morgan fingerprint density at radius 3 is 1.11 bits per heavy atom. The molecule has 0 saturated heterocycles. The van der Waals surface area contributed by atoms with E-state index < -0.39 is 0 Å². The first-order valence-electron chi connectivity index (χ1n) is 19.2. The molecule has 0 atom stereocenters. The molecule has 0 aliphatic heterocycles. The lowest BCUT2D eigenvalue weighted by molar-refractivity contribution is 0.590. The van der Waals surface area contributed by atoms with Crippen LogP contribution in [0.2, 0.25) is 0 Å². The van der Waals surface area contributed by atoms with Crippen LogP contribution in [0.3, 0.4) is 0 Å². The second-order valence-electron chi connectivity index (χ2n) is 17.1. The smallest absolute Gasteiger partial charge is 0.00260 e. The Hall–Kier alpha value is -5.98. The highest BCUT2D eigenvalue weighted by Gasteiger charge is 2.23. The highest BCUT2D eigenvalue weighted by molar-refractivity contribution is 6.22. The van der Waals surface area contributed by atoms with Crippen molar-refractivity contribution in [3.63, 3.8) is 0 Å². The lowest BCUT2D eigenvalue weighted by Gasteiger charge is -2.25. The van der Waals surface area contributed by atoms with Crippen molar-refractivity contribution >= 4 is 43.1 Å². The number of rotatable bonds is 4. The quantitative estimate of drug-likeness (QED) is 0.161. The van der Waals surface area contributed by atoms with Crippen molar-refractivity contribution in [2.24, 2.45) is 0 Å². The second kappa shape index (κ2) is 12.9. The van der Waals surface area contributed by atoms with Gasteiger partial charge in [-0.25, -0.2) is 0 Å². The minimum atomic E-state index is 0.00464. The van der Waals surface area contributed by atoms with Crippen LogP contribution in [0.5, 0.6) is 0 Å². The third-order valence-corrected chi connectivity index (χ3v) is 11.3. The fourth-order valence-corrected chi connectivity index (χ4v) is 8.23. The van der Waals surface area contributed by atoms with Crippen molar-refractivity contribution in [2.45, 2.75) is 52.4 Å². The molecule has 9 aromatic rings. The van der Waals surface area contributed by atoms with Crippen LogP contribution in [0, 0.1) is 0 Å². The normalized spacial score (nSPS) is 12.3. The van der Waals surface area contributed by atoms with Gasteiger partial charge in [-0.15, -0.1) is 0 Å². The monoisotopic (exact) mass is 694 g/mol. The molecular weight excluding hydrogens is 649 g/mol. The molecule has 262 valence electrons. The molecule has 9 aromatic carbocycles. The molecule has 0 amide bonds. The predicted octanol–water partition coefficient (Wildman–Crippen LogP) is 15.6. The zero-order valence-electron chi connectivity index (χ0n) is 32.2. The van der Waals surface area contributed by atoms with E-state index in [2.05, 4.69) is 211 Å². The first-order valence-corrected chi connectivity index (χ1v) is 19.2. The molecule has 54 heavy (non-hydrogen) atoms. The van der Waals surface area contributed by atoms with Gasteiger partial charge >= 0.3 is 0 Å². The van der Waals surface area contributed by atoms with Gasteiger partial charge in [-0.3, -0.25) is 0 Å².